The maximum Gasteiger partial charge on any atom is 0.00965 e. The Morgan fingerprint density at radius 2 is 1.69 bits per heavy atom. The molecule has 16 heavy (non-hydrogen) atoms. The Hall–Kier alpha value is -0.0800. The molecule has 0 heterocycles. The predicted molar refractivity (Wildman–Crippen MR) is 71.6 cm³/mol. The number of hydrogen-bond acceptors (Lipinski definition) is 2. The van der Waals surface area contributed by atoms with Crippen molar-refractivity contribution < 1.29 is 0 Å². The van der Waals surface area contributed by atoms with Crippen molar-refractivity contribution in [3.05, 3.63) is 0 Å². The second-order valence-electron chi connectivity index (χ2n) is 5.68. The van der Waals surface area contributed by atoms with Crippen molar-refractivity contribution in [2.24, 2.45) is 11.7 Å². The first-order valence-electron chi connectivity index (χ1n) is 7.18. The van der Waals surface area contributed by atoms with E-state index in [-0.39, 0.29) is 0 Å². The fraction of sp³-hybridized carbons (Fsp3) is 1.00. The summed E-state index contributed by atoms with van der Waals surface area (Å²) in [6.07, 6.45) is 9.56. The zero-order chi connectivity index (χ0) is 11.8. The summed E-state index contributed by atoms with van der Waals surface area (Å²) in [5.74, 6) is 0.817. The molecule has 1 aliphatic rings. The molecule has 1 aliphatic carbocycles. The Bertz CT molecular complexity index is 164. The molecule has 0 aromatic carbocycles. The summed E-state index contributed by atoms with van der Waals surface area (Å²) in [6.45, 7) is 8.15. The molecule has 2 N–H and O–H groups in total. The van der Waals surface area contributed by atoms with Gasteiger partial charge in [-0.2, -0.15) is 0 Å². The van der Waals surface area contributed by atoms with Crippen molar-refractivity contribution in [2.45, 2.75) is 64.8 Å². The molecule has 96 valence electrons. The van der Waals surface area contributed by atoms with E-state index in [2.05, 4.69) is 18.7 Å². The van der Waals surface area contributed by atoms with E-state index in [1.165, 1.54) is 58.0 Å². The van der Waals surface area contributed by atoms with Crippen LogP contribution in [0.25, 0.3) is 0 Å². The minimum atomic E-state index is 0.817. The van der Waals surface area contributed by atoms with E-state index < -0.39 is 0 Å². The third-order valence-corrected chi connectivity index (χ3v) is 3.31. The van der Waals surface area contributed by atoms with Gasteiger partial charge in [0.25, 0.3) is 0 Å². The van der Waals surface area contributed by atoms with E-state index in [4.69, 9.17) is 5.73 Å². The first-order chi connectivity index (χ1) is 7.74. The van der Waals surface area contributed by atoms with Gasteiger partial charge in [0, 0.05) is 12.6 Å². The van der Waals surface area contributed by atoms with Crippen molar-refractivity contribution in [3.8, 4) is 0 Å². The van der Waals surface area contributed by atoms with Gasteiger partial charge in [-0.15, -0.1) is 0 Å². The maximum absolute atomic E-state index is 5.49. The van der Waals surface area contributed by atoms with Crippen molar-refractivity contribution in [2.75, 3.05) is 19.6 Å². The van der Waals surface area contributed by atoms with Crippen LogP contribution in [-0.2, 0) is 0 Å². The first kappa shape index (κ1) is 14.0. The lowest BCUT2D eigenvalue weighted by Crippen LogP contribution is -2.30. The van der Waals surface area contributed by atoms with Crippen molar-refractivity contribution in [1.82, 2.24) is 4.90 Å². The van der Waals surface area contributed by atoms with Gasteiger partial charge in [-0.25, -0.2) is 0 Å². The zero-order valence-corrected chi connectivity index (χ0v) is 11.3. The summed E-state index contributed by atoms with van der Waals surface area (Å²) in [6, 6.07) is 0.937. The van der Waals surface area contributed by atoms with Crippen LogP contribution in [0, 0.1) is 5.92 Å². The van der Waals surface area contributed by atoms with Crippen LogP contribution >= 0.6 is 0 Å². The Kier molecular flexibility index (Phi) is 7.06. The van der Waals surface area contributed by atoms with Crippen molar-refractivity contribution in [3.63, 3.8) is 0 Å². The summed E-state index contributed by atoms with van der Waals surface area (Å²) < 4.78 is 0. The molecule has 0 bridgehead atoms. The molecule has 0 aromatic rings. The molecule has 1 rings (SSSR count). The Labute approximate surface area is 102 Å². The summed E-state index contributed by atoms with van der Waals surface area (Å²) in [7, 11) is 0. The second-order valence-corrected chi connectivity index (χ2v) is 5.68. The van der Waals surface area contributed by atoms with Crippen LogP contribution in [0.1, 0.15) is 58.8 Å². The van der Waals surface area contributed by atoms with E-state index in [0.29, 0.717) is 0 Å². The summed E-state index contributed by atoms with van der Waals surface area (Å²) in [5.41, 5.74) is 5.49. The van der Waals surface area contributed by atoms with Gasteiger partial charge in [-0.05, 0) is 44.7 Å². The number of nitrogens with two attached hydrogens (primary N) is 1. The van der Waals surface area contributed by atoms with Gasteiger partial charge in [-0.3, -0.25) is 0 Å². The van der Waals surface area contributed by atoms with Crippen LogP contribution in [0.2, 0.25) is 0 Å². The minimum Gasteiger partial charge on any atom is -0.330 e. The van der Waals surface area contributed by atoms with Gasteiger partial charge in [0.15, 0.2) is 0 Å². The van der Waals surface area contributed by atoms with E-state index in [1.807, 2.05) is 0 Å². The fourth-order valence-electron chi connectivity index (χ4n) is 2.32. The molecule has 0 aromatic heterocycles. The average molecular weight is 226 g/mol. The summed E-state index contributed by atoms with van der Waals surface area (Å²) in [4.78, 5) is 2.72. The van der Waals surface area contributed by atoms with Crippen LogP contribution in [0.4, 0.5) is 0 Å². The number of nitrogens with zero attached hydrogens (tertiary/aromatic N) is 1. The molecule has 0 aliphatic heterocycles. The van der Waals surface area contributed by atoms with Crippen LogP contribution in [0.15, 0.2) is 0 Å². The van der Waals surface area contributed by atoms with Crippen LogP contribution in [-0.4, -0.2) is 30.6 Å². The van der Waals surface area contributed by atoms with Gasteiger partial charge < -0.3 is 10.6 Å². The van der Waals surface area contributed by atoms with Gasteiger partial charge in [0.2, 0.25) is 0 Å². The standard InChI is InChI=1S/C14H30N2/c1-13(2)12-16(14-8-9-14)11-7-5-3-4-6-10-15/h13-14H,3-12,15H2,1-2H3. The smallest absolute Gasteiger partial charge is 0.00965 e. The maximum atomic E-state index is 5.49. The van der Waals surface area contributed by atoms with Crippen LogP contribution in [0.5, 0.6) is 0 Å². The molecule has 2 nitrogen and oxygen atoms in total. The molecule has 0 spiro atoms. The van der Waals surface area contributed by atoms with Crippen molar-refractivity contribution in [1.29, 1.82) is 0 Å². The molecule has 1 saturated carbocycles. The highest BCUT2D eigenvalue weighted by Crippen LogP contribution is 2.27. The average Bonchev–Trinajstić information content (AvgIpc) is 3.04. The molecule has 2 heteroatoms. The van der Waals surface area contributed by atoms with E-state index in [0.717, 1.165) is 18.5 Å². The molecular weight excluding hydrogens is 196 g/mol. The number of hydrogen-bond donors (Lipinski definition) is 1. The molecule has 0 saturated heterocycles. The summed E-state index contributed by atoms with van der Waals surface area (Å²) in [5, 5.41) is 0. The monoisotopic (exact) mass is 226 g/mol. The lowest BCUT2D eigenvalue weighted by Gasteiger charge is -2.23. The Balaban J connectivity index is 1.99. The van der Waals surface area contributed by atoms with Gasteiger partial charge in [0.1, 0.15) is 0 Å². The molecule has 0 radical (unpaired) electrons. The molecular formula is C14H30N2. The van der Waals surface area contributed by atoms with Crippen LogP contribution < -0.4 is 5.73 Å². The minimum absolute atomic E-state index is 0.817. The largest absolute Gasteiger partial charge is 0.330 e. The van der Waals surface area contributed by atoms with Crippen LogP contribution in [0.3, 0.4) is 0 Å². The third kappa shape index (κ3) is 6.49. The number of unbranched alkanes of at least 4 members (excludes halogenated alkanes) is 4. The lowest BCUT2D eigenvalue weighted by atomic mass is 10.1. The SMILES string of the molecule is CC(C)CN(CCCCCCCN)C1CC1. The highest BCUT2D eigenvalue weighted by atomic mass is 15.2. The highest BCUT2D eigenvalue weighted by Gasteiger charge is 2.28. The molecule has 0 atom stereocenters. The van der Waals surface area contributed by atoms with E-state index in [9.17, 15) is 0 Å². The quantitative estimate of drug-likeness (QED) is 0.580. The first-order valence-corrected chi connectivity index (χ1v) is 7.18. The third-order valence-electron chi connectivity index (χ3n) is 3.31. The van der Waals surface area contributed by atoms with Crippen molar-refractivity contribution >= 4 is 0 Å². The normalized spacial score (nSPS) is 16.3. The van der Waals surface area contributed by atoms with E-state index in [1.54, 1.807) is 0 Å². The zero-order valence-electron chi connectivity index (χ0n) is 11.3. The summed E-state index contributed by atoms with van der Waals surface area (Å²) >= 11 is 0. The molecule has 1 fully saturated rings. The molecule has 0 unspecified atom stereocenters. The lowest BCUT2D eigenvalue weighted by molar-refractivity contribution is 0.229. The number of rotatable bonds is 10. The van der Waals surface area contributed by atoms with Gasteiger partial charge >= 0.3 is 0 Å². The fourth-order valence-corrected chi connectivity index (χ4v) is 2.32. The Morgan fingerprint density at radius 1 is 1.06 bits per heavy atom. The second kappa shape index (κ2) is 8.08. The van der Waals surface area contributed by atoms with Gasteiger partial charge in [0.05, 0.1) is 0 Å². The van der Waals surface area contributed by atoms with E-state index >= 15 is 0 Å². The van der Waals surface area contributed by atoms with Gasteiger partial charge in [-0.1, -0.05) is 33.1 Å². The highest BCUT2D eigenvalue weighted by molar-refractivity contribution is 4.84. The topological polar surface area (TPSA) is 29.3 Å². The Morgan fingerprint density at radius 3 is 2.25 bits per heavy atom. The molecule has 0 amide bonds. The predicted octanol–water partition coefficient (Wildman–Crippen LogP) is 3.02.